The number of imide groups is 1. The van der Waals surface area contributed by atoms with Gasteiger partial charge in [-0.2, -0.15) is 0 Å². The van der Waals surface area contributed by atoms with Gasteiger partial charge >= 0.3 is 5.82 Å². The van der Waals surface area contributed by atoms with Crippen LogP contribution in [0.15, 0.2) is 12.3 Å². The first-order valence-corrected chi connectivity index (χ1v) is 6.97. The first kappa shape index (κ1) is 16.7. The van der Waals surface area contributed by atoms with Crippen LogP contribution in [0.25, 0.3) is 0 Å². The lowest BCUT2D eigenvalue weighted by atomic mass is 10.1. The van der Waals surface area contributed by atoms with Crippen LogP contribution in [0.2, 0.25) is 0 Å². The fourth-order valence-corrected chi connectivity index (χ4v) is 1.87. The standard InChI is InChI=1S/C14H19N3O4/c1-3-5-6-7-13(18)16-14(19)11-9-15-12(17(20)21)8-10(11)4-2/h8-9H,3-7H2,1-2H3,(H,16,18,19). The van der Waals surface area contributed by atoms with Crippen molar-refractivity contribution in [2.75, 3.05) is 0 Å². The molecule has 0 aliphatic heterocycles. The molecule has 7 nitrogen and oxygen atoms in total. The Morgan fingerprint density at radius 1 is 1.33 bits per heavy atom. The average molecular weight is 293 g/mol. The number of rotatable bonds is 7. The van der Waals surface area contributed by atoms with Crippen LogP contribution in [-0.2, 0) is 11.2 Å². The molecule has 0 aromatic carbocycles. The number of carbonyl (C=O) groups is 2. The van der Waals surface area contributed by atoms with E-state index in [1.165, 1.54) is 6.07 Å². The molecule has 0 radical (unpaired) electrons. The third-order valence-electron chi connectivity index (χ3n) is 3.05. The van der Waals surface area contributed by atoms with Gasteiger partial charge in [0.05, 0.1) is 5.56 Å². The van der Waals surface area contributed by atoms with Crippen molar-refractivity contribution in [2.45, 2.75) is 46.0 Å². The summed E-state index contributed by atoms with van der Waals surface area (Å²) in [7, 11) is 0. The molecule has 1 rings (SSSR count). The minimum absolute atomic E-state index is 0.201. The second-order valence-corrected chi connectivity index (χ2v) is 4.64. The predicted molar refractivity (Wildman–Crippen MR) is 76.9 cm³/mol. The quantitative estimate of drug-likeness (QED) is 0.472. The van der Waals surface area contributed by atoms with E-state index in [0.717, 1.165) is 25.5 Å². The maximum absolute atomic E-state index is 12.0. The van der Waals surface area contributed by atoms with Crippen LogP contribution < -0.4 is 5.32 Å². The van der Waals surface area contributed by atoms with Gasteiger partial charge in [0, 0.05) is 12.5 Å². The van der Waals surface area contributed by atoms with E-state index in [1.807, 2.05) is 6.92 Å². The highest BCUT2D eigenvalue weighted by Crippen LogP contribution is 2.15. The van der Waals surface area contributed by atoms with E-state index in [1.54, 1.807) is 6.92 Å². The van der Waals surface area contributed by atoms with Gasteiger partial charge in [-0.05, 0) is 28.3 Å². The minimum Gasteiger partial charge on any atom is -0.358 e. The molecule has 0 spiro atoms. The largest absolute Gasteiger partial charge is 0.363 e. The Morgan fingerprint density at radius 3 is 2.62 bits per heavy atom. The lowest BCUT2D eigenvalue weighted by Crippen LogP contribution is -2.31. The van der Waals surface area contributed by atoms with Crippen LogP contribution in [0.1, 0.15) is 55.5 Å². The average Bonchev–Trinajstić information content (AvgIpc) is 2.46. The maximum atomic E-state index is 12.0. The number of nitrogens with zero attached hydrogens (tertiary/aromatic N) is 2. The monoisotopic (exact) mass is 293 g/mol. The topological polar surface area (TPSA) is 102 Å². The molecule has 0 bridgehead atoms. The molecule has 1 aromatic heterocycles. The molecule has 2 amide bonds. The number of unbranched alkanes of at least 4 members (excludes halogenated alkanes) is 2. The number of aromatic nitrogens is 1. The summed E-state index contributed by atoms with van der Waals surface area (Å²) in [6.45, 7) is 3.80. The summed E-state index contributed by atoms with van der Waals surface area (Å²) in [5, 5.41) is 13.0. The number of hydrogen-bond donors (Lipinski definition) is 1. The number of nitrogens with one attached hydrogen (secondary N) is 1. The summed E-state index contributed by atoms with van der Waals surface area (Å²) >= 11 is 0. The highest BCUT2D eigenvalue weighted by Gasteiger charge is 2.19. The van der Waals surface area contributed by atoms with E-state index in [0.29, 0.717) is 18.4 Å². The third-order valence-corrected chi connectivity index (χ3v) is 3.05. The van der Waals surface area contributed by atoms with Crippen molar-refractivity contribution in [3.8, 4) is 0 Å². The van der Waals surface area contributed by atoms with Crippen LogP contribution in [-0.4, -0.2) is 21.7 Å². The van der Waals surface area contributed by atoms with E-state index in [2.05, 4.69) is 10.3 Å². The summed E-state index contributed by atoms with van der Waals surface area (Å²) in [4.78, 5) is 37.3. The van der Waals surface area contributed by atoms with Crippen LogP contribution >= 0.6 is 0 Å². The summed E-state index contributed by atoms with van der Waals surface area (Å²) in [6, 6.07) is 1.26. The molecule has 0 fully saturated rings. The number of pyridine rings is 1. The number of amides is 2. The lowest BCUT2D eigenvalue weighted by Gasteiger charge is -2.06. The van der Waals surface area contributed by atoms with E-state index in [4.69, 9.17) is 0 Å². The predicted octanol–water partition coefficient (Wildman–Crippen LogP) is 2.39. The molecule has 0 atom stereocenters. The molecule has 0 aliphatic rings. The van der Waals surface area contributed by atoms with Crippen LogP contribution in [0.3, 0.4) is 0 Å². The van der Waals surface area contributed by atoms with Gasteiger partial charge in [0.1, 0.15) is 0 Å². The Bertz CT molecular complexity index is 543. The molecule has 7 heteroatoms. The first-order chi connectivity index (χ1) is 9.99. The van der Waals surface area contributed by atoms with Crippen LogP contribution in [0.4, 0.5) is 5.82 Å². The Kier molecular flexibility index (Phi) is 6.45. The van der Waals surface area contributed by atoms with Crippen molar-refractivity contribution in [1.82, 2.24) is 10.3 Å². The number of aryl methyl sites for hydroxylation is 1. The normalized spacial score (nSPS) is 10.2. The molecule has 0 unspecified atom stereocenters. The molecule has 21 heavy (non-hydrogen) atoms. The van der Waals surface area contributed by atoms with Crippen molar-refractivity contribution in [1.29, 1.82) is 0 Å². The van der Waals surface area contributed by atoms with E-state index >= 15 is 0 Å². The van der Waals surface area contributed by atoms with Gasteiger partial charge in [0.15, 0.2) is 6.20 Å². The Morgan fingerprint density at radius 2 is 2.05 bits per heavy atom. The zero-order valence-electron chi connectivity index (χ0n) is 12.2. The molecule has 0 aliphatic carbocycles. The molecule has 1 N–H and O–H groups in total. The molecule has 0 saturated carbocycles. The van der Waals surface area contributed by atoms with E-state index < -0.39 is 10.8 Å². The van der Waals surface area contributed by atoms with Crippen LogP contribution in [0.5, 0.6) is 0 Å². The van der Waals surface area contributed by atoms with Gasteiger partial charge in [0.2, 0.25) is 5.91 Å². The highest BCUT2D eigenvalue weighted by molar-refractivity contribution is 6.05. The van der Waals surface area contributed by atoms with Crippen molar-refractivity contribution in [2.24, 2.45) is 0 Å². The molecule has 1 aromatic rings. The Balaban J connectivity index is 2.78. The second kappa shape index (κ2) is 8.08. The Hall–Kier alpha value is -2.31. The van der Waals surface area contributed by atoms with Crippen molar-refractivity contribution >= 4 is 17.6 Å². The van der Waals surface area contributed by atoms with Crippen LogP contribution in [0, 0.1) is 10.1 Å². The lowest BCUT2D eigenvalue weighted by molar-refractivity contribution is -0.389. The SMILES string of the molecule is CCCCCC(=O)NC(=O)c1cnc([N+](=O)[O-])cc1CC. The summed E-state index contributed by atoms with van der Waals surface area (Å²) < 4.78 is 0. The fourth-order valence-electron chi connectivity index (χ4n) is 1.87. The van der Waals surface area contributed by atoms with Gasteiger partial charge in [-0.3, -0.25) is 14.9 Å². The minimum atomic E-state index is -0.614. The Labute approximate surface area is 122 Å². The van der Waals surface area contributed by atoms with Gasteiger partial charge in [-0.1, -0.05) is 26.7 Å². The summed E-state index contributed by atoms with van der Waals surface area (Å²) in [6.07, 6.45) is 4.53. The van der Waals surface area contributed by atoms with Crippen molar-refractivity contribution in [3.63, 3.8) is 0 Å². The molecule has 1 heterocycles. The third kappa shape index (κ3) is 4.94. The number of carbonyl (C=O) groups excluding carboxylic acids is 2. The van der Waals surface area contributed by atoms with Gasteiger partial charge in [0.25, 0.3) is 5.91 Å². The van der Waals surface area contributed by atoms with Gasteiger partial charge < -0.3 is 10.1 Å². The fraction of sp³-hybridized carbons (Fsp3) is 0.500. The first-order valence-electron chi connectivity index (χ1n) is 6.97. The van der Waals surface area contributed by atoms with Crippen molar-refractivity contribution in [3.05, 3.63) is 33.5 Å². The van der Waals surface area contributed by atoms with E-state index in [-0.39, 0.29) is 17.3 Å². The smallest absolute Gasteiger partial charge is 0.358 e. The van der Waals surface area contributed by atoms with Gasteiger partial charge in [-0.15, -0.1) is 0 Å². The number of hydrogen-bond acceptors (Lipinski definition) is 5. The van der Waals surface area contributed by atoms with Gasteiger partial charge in [-0.25, -0.2) is 0 Å². The number of nitro groups is 1. The maximum Gasteiger partial charge on any atom is 0.363 e. The molecular weight excluding hydrogens is 274 g/mol. The summed E-state index contributed by atoms with van der Waals surface area (Å²) in [5.74, 6) is -1.21. The van der Waals surface area contributed by atoms with E-state index in [9.17, 15) is 19.7 Å². The van der Waals surface area contributed by atoms with Crippen molar-refractivity contribution < 1.29 is 14.5 Å². The molecular formula is C14H19N3O4. The second-order valence-electron chi connectivity index (χ2n) is 4.64. The zero-order chi connectivity index (χ0) is 15.8. The molecule has 0 saturated heterocycles. The summed E-state index contributed by atoms with van der Waals surface area (Å²) in [5.41, 5.74) is 0.697. The molecule has 114 valence electrons. The highest BCUT2D eigenvalue weighted by atomic mass is 16.6. The zero-order valence-corrected chi connectivity index (χ0v) is 12.2.